The van der Waals surface area contributed by atoms with Crippen LogP contribution < -0.4 is 4.74 Å². The number of hydrogen-bond acceptors (Lipinski definition) is 2. The maximum atomic E-state index is 11.9. The topological polar surface area (TPSA) is 29.5 Å². The molecular weight excluding hydrogens is 243 g/mol. The van der Waals surface area contributed by atoms with Crippen LogP contribution in [-0.2, 0) is 6.61 Å². The molecule has 0 amide bonds. The summed E-state index contributed by atoms with van der Waals surface area (Å²) in [6.07, 6.45) is 0.421. The molecule has 0 aliphatic rings. The fourth-order valence-electron chi connectivity index (χ4n) is 1.79. The van der Waals surface area contributed by atoms with Crippen LogP contribution in [0.25, 0.3) is 11.1 Å². The summed E-state index contributed by atoms with van der Waals surface area (Å²) in [5.41, 5.74) is 3.07. The van der Waals surface area contributed by atoms with E-state index in [2.05, 4.69) is 0 Å². The van der Waals surface area contributed by atoms with Crippen molar-refractivity contribution in [1.29, 1.82) is 0 Å². The van der Waals surface area contributed by atoms with Gasteiger partial charge in [-0.05, 0) is 28.8 Å². The maximum Gasteiger partial charge on any atom is 0.119 e. The van der Waals surface area contributed by atoms with E-state index in [-0.39, 0.29) is 13.3 Å². The molecular formula is C16H17FO2. The number of rotatable bonds is 6. The smallest absolute Gasteiger partial charge is 0.119 e. The molecule has 0 saturated heterocycles. The van der Waals surface area contributed by atoms with E-state index in [1.54, 1.807) is 0 Å². The zero-order valence-electron chi connectivity index (χ0n) is 10.7. The standard InChI is InChI=1S/C16H17FO2/c17-10-1-11-19-16-8-6-15(7-9-16)14-4-2-13(12-18)3-5-14/h2-9,18H,1,10-12H2. The number of halogens is 1. The summed E-state index contributed by atoms with van der Waals surface area (Å²) < 4.78 is 17.3. The van der Waals surface area contributed by atoms with Crippen LogP contribution in [0.15, 0.2) is 48.5 Å². The van der Waals surface area contributed by atoms with E-state index in [0.717, 1.165) is 22.4 Å². The van der Waals surface area contributed by atoms with Gasteiger partial charge in [0, 0.05) is 6.42 Å². The first-order valence-electron chi connectivity index (χ1n) is 6.32. The fraction of sp³-hybridized carbons (Fsp3) is 0.250. The second kappa shape index (κ2) is 6.90. The third-order valence-electron chi connectivity index (χ3n) is 2.87. The number of aliphatic hydroxyl groups excluding tert-OH is 1. The van der Waals surface area contributed by atoms with E-state index < -0.39 is 0 Å². The van der Waals surface area contributed by atoms with Gasteiger partial charge in [-0.15, -0.1) is 0 Å². The molecule has 3 heteroatoms. The lowest BCUT2D eigenvalue weighted by molar-refractivity contribution is 0.282. The third kappa shape index (κ3) is 3.80. The normalized spacial score (nSPS) is 10.4. The van der Waals surface area contributed by atoms with Gasteiger partial charge in [0.05, 0.1) is 19.9 Å². The van der Waals surface area contributed by atoms with Gasteiger partial charge >= 0.3 is 0 Å². The van der Waals surface area contributed by atoms with Gasteiger partial charge in [0.1, 0.15) is 5.75 Å². The minimum atomic E-state index is -0.352. The number of benzene rings is 2. The van der Waals surface area contributed by atoms with Crippen molar-refractivity contribution < 1.29 is 14.2 Å². The lowest BCUT2D eigenvalue weighted by atomic mass is 10.0. The zero-order valence-corrected chi connectivity index (χ0v) is 10.7. The van der Waals surface area contributed by atoms with Gasteiger partial charge in [-0.3, -0.25) is 4.39 Å². The van der Waals surface area contributed by atoms with Crippen molar-refractivity contribution in [3.05, 3.63) is 54.1 Å². The van der Waals surface area contributed by atoms with Gasteiger partial charge in [0.25, 0.3) is 0 Å². The summed E-state index contributed by atoms with van der Waals surface area (Å²) >= 11 is 0. The van der Waals surface area contributed by atoms with E-state index in [9.17, 15) is 4.39 Å². The molecule has 0 heterocycles. The molecule has 1 N–H and O–H groups in total. The molecule has 0 radical (unpaired) electrons. The minimum absolute atomic E-state index is 0.0572. The van der Waals surface area contributed by atoms with Crippen LogP contribution >= 0.6 is 0 Å². The molecule has 2 nitrogen and oxygen atoms in total. The highest BCUT2D eigenvalue weighted by atomic mass is 19.1. The SMILES string of the molecule is OCc1ccc(-c2ccc(OCCCF)cc2)cc1. The van der Waals surface area contributed by atoms with Gasteiger partial charge in [-0.1, -0.05) is 36.4 Å². The van der Waals surface area contributed by atoms with Crippen LogP contribution in [0.2, 0.25) is 0 Å². The maximum absolute atomic E-state index is 11.9. The second-order valence-electron chi connectivity index (χ2n) is 4.27. The summed E-state index contributed by atoms with van der Waals surface area (Å²) in [5, 5.41) is 8.99. The van der Waals surface area contributed by atoms with E-state index in [1.807, 2.05) is 48.5 Å². The lowest BCUT2D eigenvalue weighted by Gasteiger charge is -2.07. The molecule has 0 bridgehead atoms. The summed E-state index contributed by atoms with van der Waals surface area (Å²) in [5.74, 6) is 0.754. The second-order valence-corrected chi connectivity index (χ2v) is 4.27. The molecule has 100 valence electrons. The van der Waals surface area contributed by atoms with Gasteiger partial charge < -0.3 is 9.84 Å². The predicted molar refractivity (Wildman–Crippen MR) is 73.9 cm³/mol. The van der Waals surface area contributed by atoms with Gasteiger partial charge in [-0.2, -0.15) is 0 Å². The highest BCUT2D eigenvalue weighted by Crippen LogP contribution is 2.22. The van der Waals surface area contributed by atoms with E-state index in [4.69, 9.17) is 9.84 Å². The molecule has 0 aliphatic heterocycles. The summed E-state index contributed by atoms with van der Waals surface area (Å²) in [6.45, 7) is 0.109. The Morgan fingerprint density at radius 1 is 0.895 bits per heavy atom. The van der Waals surface area contributed by atoms with Crippen molar-refractivity contribution >= 4 is 0 Å². The Labute approximate surface area is 112 Å². The number of ether oxygens (including phenoxy) is 1. The molecule has 0 aliphatic carbocycles. The lowest BCUT2D eigenvalue weighted by Crippen LogP contribution is -1.97. The Hall–Kier alpha value is -1.87. The molecule has 0 unspecified atom stereocenters. The first-order chi connectivity index (χ1) is 9.33. The number of aliphatic hydroxyl groups is 1. The molecule has 2 rings (SSSR count). The molecule has 0 fully saturated rings. The quantitative estimate of drug-likeness (QED) is 0.804. The molecule has 2 aromatic rings. The van der Waals surface area contributed by atoms with Crippen LogP contribution in [0.1, 0.15) is 12.0 Å². The summed E-state index contributed by atoms with van der Waals surface area (Å²) in [7, 11) is 0. The van der Waals surface area contributed by atoms with Crippen molar-refractivity contribution in [3.8, 4) is 16.9 Å². The van der Waals surface area contributed by atoms with Crippen molar-refractivity contribution in [3.63, 3.8) is 0 Å². The third-order valence-corrected chi connectivity index (χ3v) is 2.87. The first-order valence-corrected chi connectivity index (χ1v) is 6.32. The fourth-order valence-corrected chi connectivity index (χ4v) is 1.79. The highest BCUT2D eigenvalue weighted by molar-refractivity contribution is 5.64. The van der Waals surface area contributed by atoms with Crippen molar-refractivity contribution in [2.24, 2.45) is 0 Å². The first kappa shape index (κ1) is 13.6. The molecule has 2 aromatic carbocycles. The largest absolute Gasteiger partial charge is 0.493 e. The number of hydrogen-bond donors (Lipinski definition) is 1. The van der Waals surface area contributed by atoms with E-state index in [0.29, 0.717) is 13.0 Å². The van der Waals surface area contributed by atoms with Gasteiger partial charge in [-0.25, -0.2) is 0 Å². The molecule has 0 spiro atoms. The Bertz CT molecular complexity index is 491. The van der Waals surface area contributed by atoms with E-state index >= 15 is 0 Å². The predicted octanol–water partition coefficient (Wildman–Crippen LogP) is 3.58. The Morgan fingerprint density at radius 3 is 2.00 bits per heavy atom. The Kier molecular flexibility index (Phi) is 4.93. The van der Waals surface area contributed by atoms with Gasteiger partial charge in [0.2, 0.25) is 0 Å². The van der Waals surface area contributed by atoms with Crippen molar-refractivity contribution in [2.45, 2.75) is 13.0 Å². The monoisotopic (exact) mass is 260 g/mol. The summed E-state index contributed by atoms with van der Waals surface area (Å²) in [6, 6.07) is 15.5. The highest BCUT2D eigenvalue weighted by Gasteiger charge is 1.99. The number of alkyl halides is 1. The minimum Gasteiger partial charge on any atom is -0.493 e. The van der Waals surface area contributed by atoms with Crippen molar-refractivity contribution in [2.75, 3.05) is 13.3 Å². The molecule has 0 saturated carbocycles. The average Bonchev–Trinajstić information content (AvgIpc) is 2.48. The van der Waals surface area contributed by atoms with Crippen molar-refractivity contribution in [1.82, 2.24) is 0 Å². The van der Waals surface area contributed by atoms with Crippen LogP contribution in [0.3, 0.4) is 0 Å². The van der Waals surface area contributed by atoms with Gasteiger partial charge in [0.15, 0.2) is 0 Å². The van der Waals surface area contributed by atoms with Crippen LogP contribution in [0, 0.1) is 0 Å². The molecule has 19 heavy (non-hydrogen) atoms. The Morgan fingerprint density at radius 2 is 1.47 bits per heavy atom. The zero-order chi connectivity index (χ0) is 13.5. The van der Waals surface area contributed by atoms with Crippen LogP contribution in [0.4, 0.5) is 4.39 Å². The summed E-state index contributed by atoms with van der Waals surface area (Å²) in [4.78, 5) is 0. The van der Waals surface area contributed by atoms with Crippen LogP contribution in [0.5, 0.6) is 5.75 Å². The van der Waals surface area contributed by atoms with Crippen LogP contribution in [-0.4, -0.2) is 18.4 Å². The average molecular weight is 260 g/mol. The molecule has 0 atom stereocenters. The Balaban J connectivity index is 2.04. The molecule has 0 aromatic heterocycles. The van der Waals surface area contributed by atoms with E-state index in [1.165, 1.54) is 0 Å².